The number of aliphatic hydroxyl groups excluding tert-OH is 2. The lowest BCUT2D eigenvalue weighted by molar-refractivity contribution is -0.148. The van der Waals surface area contributed by atoms with Crippen molar-refractivity contribution in [2.45, 2.75) is 51.9 Å². The third kappa shape index (κ3) is 5.67. The highest BCUT2D eigenvalue weighted by Gasteiger charge is 2.45. The number of fused-ring (bicyclic) bond motifs is 1. The van der Waals surface area contributed by atoms with Crippen molar-refractivity contribution in [3.63, 3.8) is 0 Å². The molecule has 0 unspecified atom stereocenters. The van der Waals surface area contributed by atoms with Crippen molar-refractivity contribution in [3.8, 4) is 0 Å². The molecule has 4 atom stereocenters. The predicted molar refractivity (Wildman–Crippen MR) is 107 cm³/mol. The molecule has 2 rings (SSSR count). The van der Waals surface area contributed by atoms with Crippen molar-refractivity contribution in [1.29, 1.82) is 0 Å². The second-order valence-electron chi connectivity index (χ2n) is 7.40. The van der Waals surface area contributed by atoms with Crippen LogP contribution in [0.2, 0.25) is 0 Å². The minimum atomic E-state index is -0.823. The Hall–Kier alpha value is -2.71. The highest BCUT2D eigenvalue weighted by atomic mass is 16.6. The molecule has 1 aliphatic heterocycles. The molecule has 8 heteroatoms. The first-order valence-corrected chi connectivity index (χ1v) is 9.70. The van der Waals surface area contributed by atoms with Crippen LogP contribution in [0.25, 0.3) is 0 Å². The van der Waals surface area contributed by atoms with Gasteiger partial charge in [0.05, 0.1) is 19.1 Å². The molecule has 30 heavy (non-hydrogen) atoms. The molecule has 1 aliphatic carbocycles. The zero-order valence-corrected chi connectivity index (χ0v) is 17.4. The van der Waals surface area contributed by atoms with Gasteiger partial charge in [-0.3, -0.25) is 4.79 Å². The molecule has 0 aromatic rings. The largest absolute Gasteiger partial charge is 0.458 e. The highest BCUT2D eigenvalue weighted by molar-refractivity contribution is 5.92. The van der Waals surface area contributed by atoms with Crippen molar-refractivity contribution in [2.24, 2.45) is 5.92 Å². The van der Waals surface area contributed by atoms with E-state index in [2.05, 4.69) is 6.58 Å². The number of carbonyl (C=O) groups excluding carboxylic acids is 3. The fraction of sp³-hybridized carbons (Fsp3) is 0.500. The van der Waals surface area contributed by atoms with Crippen LogP contribution in [-0.2, 0) is 28.6 Å². The molecule has 2 N–H and O–H groups in total. The number of esters is 3. The number of hydrogen-bond donors (Lipinski definition) is 2. The molecule has 0 radical (unpaired) electrons. The average Bonchev–Trinajstić information content (AvgIpc) is 2.95. The quantitative estimate of drug-likeness (QED) is 0.297. The van der Waals surface area contributed by atoms with Gasteiger partial charge in [-0.05, 0) is 37.1 Å². The Morgan fingerprint density at radius 3 is 2.60 bits per heavy atom. The van der Waals surface area contributed by atoms with E-state index in [0.717, 1.165) is 0 Å². The molecule has 0 aromatic carbocycles. The second kappa shape index (κ2) is 10.4. The Morgan fingerprint density at radius 1 is 1.30 bits per heavy atom. The first-order valence-electron chi connectivity index (χ1n) is 9.70. The Bertz CT molecular complexity index is 804. The Kier molecular flexibility index (Phi) is 8.14. The van der Waals surface area contributed by atoms with Crippen molar-refractivity contribution in [1.82, 2.24) is 0 Å². The highest BCUT2D eigenvalue weighted by Crippen LogP contribution is 2.36. The first kappa shape index (κ1) is 23.6. The molecule has 1 saturated heterocycles. The molecular formula is C22H28O8. The van der Waals surface area contributed by atoms with Crippen LogP contribution in [0.3, 0.4) is 0 Å². The minimum absolute atomic E-state index is 0.144. The number of carbonyl (C=O) groups is 3. The summed E-state index contributed by atoms with van der Waals surface area (Å²) >= 11 is 0. The van der Waals surface area contributed by atoms with E-state index < -0.39 is 42.1 Å². The van der Waals surface area contributed by atoms with Crippen LogP contribution >= 0.6 is 0 Å². The fourth-order valence-electron chi connectivity index (χ4n) is 3.51. The van der Waals surface area contributed by atoms with Gasteiger partial charge in [-0.1, -0.05) is 12.7 Å². The Labute approximate surface area is 175 Å². The summed E-state index contributed by atoms with van der Waals surface area (Å²) in [7, 11) is 0. The third-order valence-electron chi connectivity index (χ3n) is 5.17. The standard InChI is InChI=1S/C22H28O8/c1-12(7-8-23)21(26)29-19-10-16(11-24)5-6-17(28-15(4)25)13(2)9-18-20(19)14(3)22(27)30-18/h5,7,9,17-20,23-24H,3,6,8,10-11H2,1-2,4H3/b12-7+,13-9?,16-5+/t17-,18+,19+,20-/m0/s1. The van der Waals surface area contributed by atoms with E-state index in [1.54, 1.807) is 19.1 Å². The maximum Gasteiger partial charge on any atom is 0.334 e. The topological polar surface area (TPSA) is 119 Å². The van der Waals surface area contributed by atoms with E-state index in [-0.39, 0.29) is 30.8 Å². The smallest absolute Gasteiger partial charge is 0.334 e. The molecule has 0 spiro atoms. The van der Waals surface area contributed by atoms with Gasteiger partial charge in [-0.15, -0.1) is 0 Å². The molecule has 0 bridgehead atoms. The number of ether oxygens (including phenoxy) is 3. The zero-order valence-electron chi connectivity index (χ0n) is 17.4. The number of hydrogen-bond acceptors (Lipinski definition) is 8. The molecule has 164 valence electrons. The molecule has 2 aliphatic rings. The zero-order chi connectivity index (χ0) is 22.4. The lowest BCUT2D eigenvalue weighted by Gasteiger charge is -2.29. The summed E-state index contributed by atoms with van der Waals surface area (Å²) in [4.78, 5) is 36.2. The SMILES string of the molecule is C=C1C(=O)O[C@@H]2C=C(C)[C@@H](OC(C)=O)C/C=C(/CO)C[C@@H](OC(=O)/C(C)=C/CO)[C@@H]12. The van der Waals surface area contributed by atoms with Crippen LogP contribution < -0.4 is 0 Å². The van der Waals surface area contributed by atoms with Gasteiger partial charge in [-0.25, -0.2) is 9.59 Å². The molecule has 0 amide bonds. The average molecular weight is 420 g/mol. The van der Waals surface area contributed by atoms with E-state index >= 15 is 0 Å². The van der Waals surface area contributed by atoms with Crippen LogP contribution in [0.1, 0.15) is 33.6 Å². The fourth-order valence-corrected chi connectivity index (χ4v) is 3.51. The van der Waals surface area contributed by atoms with Gasteiger partial charge in [0.1, 0.15) is 18.3 Å². The molecular weight excluding hydrogens is 392 g/mol. The normalized spacial score (nSPS) is 29.2. The summed E-state index contributed by atoms with van der Waals surface area (Å²) in [5.74, 6) is -2.38. The van der Waals surface area contributed by atoms with Gasteiger partial charge in [0, 0.05) is 30.9 Å². The van der Waals surface area contributed by atoms with E-state index in [9.17, 15) is 19.5 Å². The van der Waals surface area contributed by atoms with Gasteiger partial charge in [0.15, 0.2) is 0 Å². The summed E-state index contributed by atoms with van der Waals surface area (Å²) in [6.07, 6.45) is 3.04. The summed E-state index contributed by atoms with van der Waals surface area (Å²) in [5, 5.41) is 18.8. The minimum Gasteiger partial charge on any atom is -0.458 e. The van der Waals surface area contributed by atoms with Crippen LogP contribution in [0.4, 0.5) is 0 Å². The monoisotopic (exact) mass is 420 g/mol. The van der Waals surface area contributed by atoms with Crippen LogP contribution in [0.5, 0.6) is 0 Å². The maximum absolute atomic E-state index is 12.5. The van der Waals surface area contributed by atoms with Crippen LogP contribution in [0.15, 0.2) is 47.1 Å². The van der Waals surface area contributed by atoms with E-state index in [1.807, 2.05) is 0 Å². The molecule has 8 nitrogen and oxygen atoms in total. The van der Waals surface area contributed by atoms with Gasteiger partial charge in [-0.2, -0.15) is 0 Å². The lowest BCUT2D eigenvalue weighted by Crippen LogP contribution is -2.34. The maximum atomic E-state index is 12.5. The summed E-state index contributed by atoms with van der Waals surface area (Å²) < 4.78 is 16.5. The molecule has 0 aromatic heterocycles. The van der Waals surface area contributed by atoms with Crippen molar-refractivity contribution in [2.75, 3.05) is 13.2 Å². The third-order valence-corrected chi connectivity index (χ3v) is 5.17. The second-order valence-corrected chi connectivity index (χ2v) is 7.40. The summed E-state index contributed by atoms with van der Waals surface area (Å²) in [6.45, 7) is 7.77. The number of aliphatic hydroxyl groups is 2. The molecule has 1 fully saturated rings. The Balaban J connectivity index is 2.46. The van der Waals surface area contributed by atoms with E-state index in [4.69, 9.17) is 19.3 Å². The van der Waals surface area contributed by atoms with E-state index in [1.165, 1.54) is 19.9 Å². The van der Waals surface area contributed by atoms with Crippen LogP contribution in [-0.4, -0.2) is 59.6 Å². The van der Waals surface area contributed by atoms with Gasteiger partial charge in [0.25, 0.3) is 0 Å². The summed E-state index contributed by atoms with van der Waals surface area (Å²) in [6, 6.07) is 0. The van der Waals surface area contributed by atoms with Gasteiger partial charge >= 0.3 is 17.9 Å². The first-order chi connectivity index (χ1) is 14.2. The van der Waals surface area contributed by atoms with Crippen molar-refractivity contribution < 1.29 is 38.8 Å². The van der Waals surface area contributed by atoms with Gasteiger partial charge in [0.2, 0.25) is 0 Å². The predicted octanol–water partition coefficient (Wildman–Crippen LogP) is 1.53. The molecule has 1 heterocycles. The molecule has 0 saturated carbocycles. The summed E-state index contributed by atoms with van der Waals surface area (Å²) in [5.41, 5.74) is 1.61. The van der Waals surface area contributed by atoms with Crippen molar-refractivity contribution in [3.05, 3.63) is 47.1 Å². The van der Waals surface area contributed by atoms with Crippen molar-refractivity contribution >= 4 is 17.9 Å². The number of rotatable bonds is 5. The van der Waals surface area contributed by atoms with Crippen LogP contribution in [0, 0.1) is 5.92 Å². The van der Waals surface area contributed by atoms with E-state index in [0.29, 0.717) is 17.6 Å². The lowest BCUT2D eigenvalue weighted by atomic mass is 9.85. The Morgan fingerprint density at radius 2 is 2.00 bits per heavy atom. The van der Waals surface area contributed by atoms with Gasteiger partial charge < -0.3 is 24.4 Å².